The molecule has 1 rings (SSSR count). The number of amidine groups is 1. The molecule has 4 N–H and O–H groups in total. The Kier molecular flexibility index (Phi) is 3.50. The van der Waals surface area contributed by atoms with Crippen LogP contribution in [0.4, 0.5) is 0 Å². The Balaban J connectivity index is 2.37. The smallest absolute Gasteiger partial charge is 0.0920 e. The lowest BCUT2D eigenvalue weighted by atomic mass is 9.93. The minimum Gasteiger partial charge on any atom is -0.390 e. The SMILES string of the molecule is CC(CC(=N)N)N1CCC(C)(O)CC1. The van der Waals surface area contributed by atoms with Gasteiger partial charge in [0.2, 0.25) is 0 Å². The van der Waals surface area contributed by atoms with Gasteiger partial charge in [0.1, 0.15) is 0 Å². The van der Waals surface area contributed by atoms with Crippen LogP contribution < -0.4 is 5.73 Å². The van der Waals surface area contributed by atoms with Crippen molar-refractivity contribution in [2.45, 2.75) is 44.8 Å². The summed E-state index contributed by atoms with van der Waals surface area (Å²) in [4.78, 5) is 2.29. The Bertz CT molecular complexity index is 205. The van der Waals surface area contributed by atoms with Crippen LogP contribution in [0.2, 0.25) is 0 Å². The molecule has 4 heteroatoms. The predicted molar refractivity (Wildman–Crippen MR) is 57.4 cm³/mol. The minimum absolute atomic E-state index is 0.245. The van der Waals surface area contributed by atoms with E-state index in [-0.39, 0.29) is 5.84 Å². The van der Waals surface area contributed by atoms with E-state index in [9.17, 15) is 5.11 Å². The molecule has 0 amide bonds. The van der Waals surface area contributed by atoms with Crippen molar-refractivity contribution < 1.29 is 5.11 Å². The summed E-state index contributed by atoms with van der Waals surface area (Å²) in [6.07, 6.45) is 2.26. The number of aliphatic hydroxyl groups is 1. The summed E-state index contributed by atoms with van der Waals surface area (Å²) < 4.78 is 0. The average molecular weight is 199 g/mol. The van der Waals surface area contributed by atoms with E-state index in [1.807, 2.05) is 6.92 Å². The Morgan fingerprint density at radius 3 is 2.50 bits per heavy atom. The van der Waals surface area contributed by atoms with Gasteiger partial charge in [-0.1, -0.05) is 0 Å². The number of nitrogens with two attached hydrogens (primary N) is 1. The molecule has 1 heterocycles. The molecule has 1 unspecified atom stereocenters. The van der Waals surface area contributed by atoms with E-state index in [0.29, 0.717) is 12.5 Å². The highest BCUT2D eigenvalue weighted by Gasteiger charge is 2.29. The maximum absolute atomic E-state index is 9.76. The summed E-state index contributed by atoms with van der Waals surface area (Å²) in [7, 11) is 0. The second kappa shape index (κ2) is 4.28. The first-order valence-electron chi connectivity index (χ1n) is 5.20. The van der Waals surface area contributed by atoms with Gasteiger partial charge in [-0.15, -0.1) is 0 Å². The third kappa shape index (κ3) is 3.27. The van der Waals surface area contributed by atoms with E-state index < -0.39 is 5.60 Å². The van der Waals surface area contributed by atoms with Crippen LogP contribution in [0.3, 0.4) is 0 Å². The van der Waals surface area contributed by atoms with E-state index >= 15 is 0 Å². The molecule has 0 aromatic carbocycles. The third-order valence-corrected chi connectivity index (χ3v) is 3.01. The molecule has 1 atom stereocenters. The number of likely N-dealkylation sites (tertiary alicyclic amines) is 1. The van der Waals surface area contributed by atoms with Crippen molar-refractivity contribution in [3.8, 4) is 0 Å². The normalized spacial score (nSPS) is 24.5. The van der Waals surface area contributed by atoms with Gasteiger partial charge in [0.25, 0.3) is 0 Å². The van der Waals surface area contributed by atoms with Crippen molar-refractivity contribution in [2.75, 3.05) is 13.1 Å². The monoisotopic (exact) mass is 199 g/mol. The lowest BCUT2D eigenvalue weighted by Gasteiger charge is -2.38. The summed E-state index contributed by atoms with van der Waals surface area (Å²) in [5.41, 5.74) is 4.87. The van der Waals surface area contributed by atoms with Crippen molar-refractivity contribution in [3.63, 3.8) is 0 Å². The zero-order chi connectivity index (χ0) is 10.8. The second-order valence-corrected chi connectivity index (χ2v) is 4.61. The summed E-state index contributed by atoms with van der Waals surface area (Å²) in [6, 6.07) is 0.323. The molecule has 14 heavy (non-hydrogen) atoms. The van der Waals surface area contributed by atoms with E-state index in [0.717, 1.165) is 25.9 Å². The molecule has 1 fully saturated rings. The van der Waals surface area contributed by atoms with E-state index in [1.165, 1.54) is 0 Å². The van der Waals surface area contributed by atoms with Gasteiger partial charge < -0.3 is 10.8 Å². The van der Waals surface area contributed by atoms with Crippen LogP contribution in [-0.2, 0) is 0 Å². The maximum Gasteiger partial charge on any atom is 0.0920 e. The zero-order valence-electron chi connectivity index (χ0n) is 9.08. The van der Waals surface area contributed by atoms with Crippen LogP contribution >= 0.6 is 0 Å². The summed E-state index contributed by atoms with van der Waals surface area (Å²) in [5, 5.41) is 17.0. The van der Waals surface area contributed by atoms with Crippen LogP contribution in [0.15, 0.2) is 0 Å². The van der Waals surface area contributed by atoms with Crippen molar-refractivity contribution in [3.05, 3.63) is 0 Å². The molecule has 1 aliphatic rings. The highest BCUT2D eigenvalue weighted by Crippen LogP contribution is 2.22. The van der Waals surface area contributed by atoms with Crippen LogP contribution in [-0.4, -0.2) is 40.6 Å². The van der Waals surface area contributed by atoms with Crippen LogP contribution in [0.5, 0.6) is 0 Å². The fourth-order valence-corrected chi connectivity index (χ4v) is 1.89. The van der Waals surface area contributed by atoms with Gasteiger partial charge in [0, 0.05) is 25.6 Å². The van der Waals surface area contributed by atoms with Crippen molar-refractivity contribution >= 4 is 5.84 Å². The first-order chi connectivity index (χ1) is 6.41. The van der Waals surface area contributed by atoms with Crippen LogP contribution in [0.1, 0.15) is 33.1 Å². The molecule has 0 aromatic heterocycles. The number of hydrogen-bond donors (Lipinski definition) is 3. The largest absolute Gasteiger partial charge is 0.390 e. The lowest BCUT2D eigenvalue weighted by Crippen LogP contribution is -2.46. The molecule has 4 nitrogen and oxygen atoms in total. The fourth-order valence-electron chi connectivity index (χ4n) is 1.89. The van der Waals surface area contributed by atoms with Gasteiger partial charge in [0.15, 0.2) is 0 Å². The van der Waals surface area contributed by atoms with Crippen LogP contribution in [0, 0.1) is 5.41 Å². The maximum atomic E-state index is 9.76. The first kappa shape index (κ1) is 11.5. The molecular weight excluding hydrogens is 178 g/mol. The van der Waals surface area contributed by atoms with Gasteiger partial charge in [-0.3, -0.25) is 10.3 Å². The van der Waals surface area contributed by atoms with Gasteiger partial charge >= 0.3 is 0 Å². The molecule has 1 saturated heterocycles. The number of piperidine rings is 1. The van der Waals surface area contributed by atoms with Crippen molar-refractivity contribution in [1.82, 2.24) is 4.90 Å². The highest BCUT2D eigenvalue weighted by molar-refractivity contribution is 5.77. The van der Waals surface area contributed by atoms with Gasteiger partial charge in [-0.25, -0.2) is 0 Å². The Labute approximate surface area is 85.6 Å². The second-order valence-electron chi connectivity index (χ2n) is 4.61. The highest BCUT2D eigenvalue weighted by atomic mass is 16.3. The number of hydrogen-bond acceptors (Lipinski definition) is 3. The first-order valence-corrected chi connectivity index (χ1v) is 5.20. The molecule has 0 bridgehead atoms. The minimum atomic E-state index is -0.494. The molecular formula is C10H21N3O. The molecule has 0 radical (unpaired) electrons. The Morgan fingerprint density at radius 1 is 1.57 bits per heavy atom. The molecule has 0 aromatic rings. The molecule has 0 aliphatic carbocycles. The fraction of sp³-hybridized carbons (Fsp3) is 0.900. The number of rotatable bonds is 3. The van der Waals surface area contributed by atoms with E-state index in [4.69, 9.17) is 11.1 Å². The standard InChI is InChI=1S/C10H21N3O/c1-8(7-9(11)12)13-5-3-10(2,14)4-6-13/h8,14H,3-7H2,1-2H3,(H3,11,12). The van der Waals surface area contributed by atoms with Gasteiger partial charge in [0.05, 0.1) is 11.4 Å². The lowest BCUT2D eigenvalue weighted by molar-refractivity contribution is -0.0138. The van der Waals surface area contributed by atoms with E-state index in [1.54, 1.807) is 0 Å². The summed E-state index contributed by atoms with van der Waals surface area (Å²) >= 11 is 0. The van der Waals surface area contributed by atoms with Gasteiger partial charge in [-0.05, 0) is 26.7 Å². The Morgan fingerprint density at radius 2 is 2.07 bits per heavy atom. The van der Waals surface area contributed by atoms with Crippen molar-refractivity contribution in [1.29, 1.82) is 5.41 Å². The number of nitrogens with zero attached hydrogens (tertiary/aromatic N) is 1. The zero-order valence-corrected chi connectivity index (χ0v) is 9.08. The molecule has 82 valence electrons. The Hall–Kier alpha value is -0.610. The average Bonchev–Trinajstić information content (AvgIpc) is 2.02. The van der Waals surface area contributed by atoms with Crippen LogP contribution in [0.25, 0.3) is 0 Å². The topological polar surface area (TPSA) is 73.3 Å². The van der Waals surface area contributed by atoms with Gasteiger partial charge in [-0.2, -0.15) is 0 Å². The predicted octanol–water partition coefficient (Wildman–Crippen LogP) is 0.548. The molecule has 0 saturated carbocycles. The van der Waals surface area contributed by atoms with E-state index in [2.05, 4.69) is 11.8 Å². The van der Waals surface area contributed by atoms with Crippen molar-refractivity contribution in [2.24, 2.45) is 5.73 Å². The number of nitrogens with one attached hydrogen (secondary N) is 1. The third-order valence-electron chi connectivity index (χ3n) is 3.01. The quantitative estimate of drug-likeness (QED) is 0.459. The summed E-state index contributed by atoms with van der Waals surface area (Å²) in [6.45, 7) is 5.78. The summed E-state index contributed by atoms with van der Waals surface area (Å²) in [5.74, 6) is 0.245. The molecule has 0 spiro atoms. The molecule has 1 aliphatic heterocycles.